The van der Waals surface area contributed by atoms with E-state index in [0.717, 1.165) is 18.8 Å². The van der Waals surface area contributed by atoms with Crippen LogP contribution in [0.5, 0.6) is 0 Å². The molecule has 0 spiro atoms. The summed E-state index contributed by atoms with van der Waals surface area (Å²) in [5.74, 6) is 0. The van der Waals surface area contributed by atoms with E-state index < -0.39 is 0 Å². The minimum atomic E-state index is 0.300. The largest absolute Gasteiger partial charge is 0.377 e. The minimum absolute atomic E-state index is 0.300. The summed E-state index contributed by atoms with van der Waals surface area (Å²) in [4.78, 5) is 0. The SMILES string of the molecule is Cc1nn(C)c(C)c1C(C)NCCOC(C)C. The molecule has 0 aliphatic heterocycles. The van der Waals surface area contributed by atoms with Gasteiger partial charge in [-0.1, -0.05) is 0 Å². The van der Waals surface area contributed by atoms with E-state index in [4.69, 9.17) is 4.74 Å². The molecule has 0 fully saturated rings. The molecule has 1 N–H and O–H groups in total. The highest BCUT2D eigenvalue weighted by Gasteiger charge is 2.15. The Hall–Kier alpha value is -0.870. The lowest BCUT2D eigenvalue weighted by atomic mass is 10.1. The number of rotatable bonds is 6. The van der Waals surface area contributed by atoms with Crippen LogP contribution in [0.2, 0.25) is 0 Å². The van der Waals surface area contributed by atoms with Gasteiger partial charge in [-0.25, -0.2) is 0 Å². The summed E-state index contributed by atoms with van der Waals surface area (Å²) >= 11 is 0. The highest BCUT2D eigenvalue weighted by Crippen LogP contribution is 2.20. The highest BCUT2D eigenvalue weighted by molar-refractivity contribution is 5.27. The first kappa shape index (κ1) is 14.2. The maximum Gasteiger partial charge on any atom is 0.0644 e. The number of aryl methyl sites for hydroxylation is 2. The summed E-state index contributed by atoms with van der Waals surface area (Å²) in [5, 5.41) is 7.90. The van der Waals surface area contributed by atoms with Crippen molar-refractivity contribution in [2.75, 3.05) is 13.2 Å². The van der Waals surface area contributed by atoms with Gasteiger partial charge in [0.25, 0.3) is 0 Å². The zero-order chi connectivity index (χ0) is 13.0. The lowest BCUT2D eigenvalue weighted by molar-refractivity contribution is 0.0796. The summed E-state index contributed by atoms with van der Waals surface area (Å²) in [6.07, 6.45) is 0.300. The first-order chi connectivity index (χ1) is 7.93. The van der Waals surface area contributed by atoms with Crippen molar-refractivity contribution in [3.8, 4) is 0 Å². The molecule has 1 unspecified atom stereocenters. The number of ether oxygens (including phenoxy) is 1. The summed E-state index contributed by atoms with van der Waals surface area (Å²) in [5.41, 5.74) is 3.64. The average Bonchev–Trinajstić information content (AvgIpc) is 2.48. The van der Waals surface area contributed by atoms with E-state index in [2.05, 4.69) is 45.0 Å². The molecular weight excluding hydrogens is 214 g/mol. The quantitative estimate of drug-likeness (QED) is 0.773. The van der Waals surface area contributed by atoms with Crippen LogP contribution in [0.3, 0.4) is 0 Å². The van der Waals surface area contributed by atoms with Crippen LogP contribution in [0, 0.1) is 13.8 Å². The molecule has 1 aromatic heterocycles. The summed E-state index contributed by atoms with van der Waals surface area (Å²) < 4.78 is 7.45. The van der Waals surface area contributed by atoms with Gasteiger partial charge in [-0.05, 0) is 34.6 Å². The molecule has 17 heavy (non-hydrogen) atoms. The number of aromatic nitrogens is 2. The Kier molecular flexibility index (Phi) is 5.15. The summed E-state index contributed by atoms with van der Waals surface area (Å²) in [6.45, 7) is 12.1. The van der Waals surface area contributed by atoms with E-state index in [9.17, 15) is 0 Å². The molecular formula is C13H25N3O. The topological polar surface area (TPSA) is 39.1 Å². The van der Waals surface area contributed by atoms with Crippen LogP contribution in [-0.2, 0) is 11.8 Å². The third-order valence-electron chi connectivity index (χ3n) is 3.00. The number of nitrogens with one attached hydrogen (secondary N) is 1. The molecule has 0 radical (unpaired) electrons. The fourth-order valence-corrected chi connectivity index (χ4v) is 2.09. The monoisotopic (exact) mass is 239 g/mol. The normalized spacial score (nSPS) is 13.4. The Labute approximate surface area is 104 Å². The van der Waals surface area contributed by atoms with Crippen LogP contribution in [0.25, 0.3) is 0 Å². The number of hydrogen-bond donors (Lipinski definition) is 1. The standard InChI is InChI=1S/C13H25N3O/c1-9(2)17-8-7-14-10(3)13-11(4)15-16(6)12(13)5/h9-10,14H,7-8H2,1-6H3. The summed E-state index contributed by atoms with van der Waals surface area (Å²) in [7, 11) is 1.99. The lowest BCUT2D eigenvalue weighted by Crippen LogP contribution is -2.25. The van der Waals surface area contributed by atoms with E-state index >= 15 is 0 Å². The predicted molar refractivity (Wildman–Crippen MR) is 70.2 cm³/mol. The summed E-state index contributed by atoms with van der Waals surface area (Å²) in [6, 6.07) is 0.319. The van der Waals surface area contributed by atoms with Gasteiger partial charge in [0.1, 0.15) is 0 Å². The van der Waals surface area contributed by atoms with Crippen molar-refractivity contribution >= 4 is 0 Å². The van der Waals surface area contributed by atoms with Crippen molar-refractivity contribution in [3.05, 3.63) is 17.0 Å². The lowest BCUT2D eigenvalue weighted by Gasteiger charge is -2.15. The van der Waals surface area contributed by atoms with Gasteiger partial charge in [-0.15, -0.1) is 0 Å². The van der Waals surface area contributed by atoms with Crippen molar-refractivity contribution in [2.45, 2.75) is 46.8 Å². The molecule has 0 saturated heterocycles. The Morgan fingerprint density at radius 2 is 1.94 bits per heavy atom. The molecule has 4 nitrogen and oxygen atoms in total. The molecule has 1 heterocycles. The van der Waals surface area contributed by atoms with Gasteiger partial charge < -0.3 is 10.1 Å². The maximum atomic E-state index is 5.51. The Bertz CT molecular complexity index is 358. The minimum Gasteiger partial charge on any atom is -0.377 e. The second-order valence-electron chi connectivity index (χ2n) is 4.80. The van der Waals surface area contributed by atoms with Gasteiger partial charge in [0.2, 0.25) is 0 Å². The van der Waals surface area contributed by atoms with Crippen molar-refractivity contribution in [1.29, 1.82) is 0 Å². The second-order valence-corrected chi connectivity index (χ2v) is 4.80. The molecule has 0 aliphatic rings. The van der Waals surface area contributed by atoms with Gasteiger partial charge in [-0.2, -0.15) is 5.10 Å². The van der Waals surface area contributed by atoms with E-state index in [-0.39, 0.29) is 0 Å². The zero-order valence-corrected chi connectivity index (χ0v) is 11.9. The fraction of sp³-hybridized carbons (Fsp3) is 0.769. The van der Waals surface area contributed by atoms with Crippen LogP contribution < -0.4 is 5.32 Å². The number of hydrogen-bond acceptors (Lipinski definition) is 3. The average molecular weight is 239 g/mol. The third-order valence-corrected chi connectivity index (χ3v) is 3.00. The molecule has 0 bridgehead atoms. The van der Waals surface area contributed by atoms with Crippen LogP contribution in [0.4, 0.5) is 0 Å². The Morgan fingerprint density at radius 1 is 1.29 bits per heavy atom. The Morgan fingerprint density at radius 3 is 2.41 bits per heavy atom. The van der Waals surface area contributed by atoms with E-state index in [0.29, 0.717) is 12.1 Å². The van der Waals surface area contributed by atoms with E-state index in [1.54, 1.807) is 0 Å². The number of nitrogens with zero attached hydrogens (tertiary/aromatic N) is 2. The molecule has 1 atom stereocenters. The van der Waals surface area contributed by atoms with Crippen molar-refractivity contribution < 1.29 is 4.74 Å². The molecule has 0 aromatic carbocycles. The molecule has 0 saturated carbocycles. The van der Waals surface area contributed by atoms with Gasteiger partial charge in [0.15, 0.2) is 0 Å². The molecule has 0 amide bonds. The maximum absolute atomic E-state index is 5.51. The zero-order valence-electron chi connectivity index (χ0n) is 11.9. The van der Waals surface area contributed by atoms with Crippen LogP contribution >= 0.6 is 0 Å². The van der Waals surface area contributed by atoms with E-state index in [1.165, 1.54) is 11.3 Å². The second kappa shape index (κ2) is 6.17. The van der Waals surface area contributed by atoms with Crippen LogP contribution in [-0.4, -0.2) is 29.0 Å². The molecule has 98 valence electrons. The first-order valence-electron chi connectivity index (χ1n) is 6.28. The van der Waals surface area contributed by atoms with Crippen LogP contribution in [0.1, 0.15) is 43.8 Å². The Balaban J connectivity index is 2.49. The van der Waals surface area contributed by atoms with Gasteiger partial charge >= 0.3 is 0 Å². The third kappa shape index (κ3) is 3.82. The van der Waals surface area contributed by atoms with Crippen molar-refractivity contribution in [3.63, 3.8) is 0 Å². The fourth-order valence-electron chi connectivity index (χ4n) is 2.09. The molecule has 1 rings (SSSR count). The van der Waals surface area contributed by atoms with Gasteiger partial charge in [0, 0.05) is 30.9 Å². The van der Waals surface area contributed by atoms with Gasteiger partial charge in [0.05, 0.1) is 18.4 Å². The van der Waals surface area contributed by atoms with E-state index in [1.807, 2.05) is 11.7 Å². The van der Waals surface area contributed by atoms with Crippen molar-refractivity contribution in [2.24, 2.45) is 7.05 Å². The molecule has 4 heteroatoms. The van der Waals surface area contributed by atoms with Crippen LogP contribution in [0.15, 0.2) is 0 Å². The predicted octanol–water partition coefficient (Wildman–Crippen LogP) is 2.11. The molecule has 1 aromatic rings. The highest BCUT2D eigenvalue weighted by atomic mass is 16.5. The van der Waals surface area contributed by atoms with Crippen molar-refractivity contribution in [1.82, 2.24) is 15.1 Å². The smallest absolute Gasteiger partial charge is 0.0644 e. The van der Waals surface area contributed by atoms with Gasteiger partial charge in [-0.3, -0.25) is 4.68 Å². The molecule has 0 aliphatic carbocycles. The first-order valence-corrected chi connectivity index (χ1v) is 6.28.